The first kappa shape index (κ1) is 12.2. The van der Waals surface area contributed by atoms with Crippen LogP contribution in [-0.2, 0) is 12.8 Å². The molecule has 1 unspecified atom stereocenters. The molecule has 0 aromatic heterocycles. The van der Waals surface area contributed by atoms with Crippen LogP contribution in [0.5, 0.6) is 0 Å². The number of fused-ring (bicyclic) bond motifs is 1. The summed E-state index contributed by atoms with van der Waals surface area (Å²) in [6.07, 6.45) is 4.24. The van der Waals surface area contributed by atoms with E-state index >= 15 is 0 Å². The second kappa shape index (κ2) is 5.39. The number of nitrogens with zero attached hydrogens (tertiary/aromatic N) is 1. The monoisotopic (exact) mass is 245 g/mol. The predicted molar refractivity (Wildman–Crippen MR) is 74.7 cm³/mol. The van der Waals surface area contributed by atoms with Crippen molar-refractivity contribution in [2.45, 2.75) is 25.4 Å². The Kier molecular flexibility index (Phi) is 3.64. The molecule has 1 saturated heterocycles. The van der Waals surface area contributed by atoms with Gasteiger partial charge in [-0.1, -0.05) is 18.2 Å². The number of hydrogen-bond donors (Lipinski definition) is 2. The molecule has 1 aliphatic heterocycles. The Bertz CT molecular complexity index is 410. The van der Waals surface area contributed by atoms with Crippen molar-refractivity contribution in [3.8, 4) is 0 Å². The van der Waals surface area contributed by atoms with E-state index in [1.54, 1.807) is 11.1 Å². The first-order chi connectivity index (χ1) is 8.88. The van der Waals surface area contributed by atoms with Gasteiger partial charge in [0.25, 0.3) is 0 Å². The highest BCUT2D eigenvalue weighted by Gasteiger charge is 2.21. The molecular formula is C15H23N3. The predicted octanol–water partition coefficient (Wildman–Crippen LogP) is 1.30. The molecule has 2 aliphatic rings. The Morgan fingerprint density at radius 1 is 1.17 bits per heavy atom. The van der Waals surface area contributed by atoms with Gasteiger partial charge >= 0.3 is 0 Å². The molecule has 3 nitrogen and oxygen atoms in total. The van der Waals surface area contributed by atoms with Crippen LogP contribution >= 0.6 is 0 Å². The molecule has 1 aliphatic carbocycles. The van der Waals surface area contributed by atoms with Gasteiger partial charge < -0.3 is 10.6 Å². The van der Waals surface area contributed by atoms with Crippen LogP contribution in [0.2, 0.25) is 0 Å². The van der Waals surface area contributed by atoms with Crippen LogP contribution in [0.1, 0.15) is 29.3 Å². The molecule has 0 amide bonds. The SMILES string of the molecule is CNC(c1ccc2c(c1)CCC2)N1CCNCC1. The van der Waals surface area contributed by atoms with Crippen molar-refractivity contribution in [1.29, 1.82) is 0 Å². The van der Waals surface area contributed by atoms with Gasteiger partial charge in [-0.3, -0.25) is 4.90 Å². The molecule has 98 valence electrons. The number of aryl methyl sites for hydroxylation is 2. The maximum Gasteiger partial charge on any atom is 0.0859 e. The lowest BCUT2D eigenvalue weighted by atomic mass is 10.0. The van der Waals surface area contributed by atoms with Gasteiger partial charge in [0, 0.05) is 26.2 Å². The number of benzene rings is 1. The van der Waals surface area contributed by atoms with Gasteiger partial charge in [0.05, 0.1) is 6.17 Å². The van der Waals surface area contributed by atoms with Gasteiger partial charge in [0.15, 0.2) is 0 Å². The normalized spacial score (nSPS) is 21.8. The van der Waals surface area contributed by atoms with Gasteiger partial charge in [0.1, 0.15) is 0 Å². The van der Waals surface area contributed by atoms with Gasteiger partial charge in [0.2, 0.25) is 0 Å². The Morgan fingerprint density at radius 2 is 1.94 bits per heavy atom. The van der Waals surface area contributed by atoms with E-state index in [1.807, 2.05) is 0 Å². The Labute approximate surface area is 110 Å². The van der Waals surface area contributed by atoms with E-state index in [2.05, 4.69) is 40.8 Å². The molecule has 2 N–H and O–H groups in total. The summed E-state index contributed by atoms with van der Waals surface area (Å²) in [4.78, 5) is 2.53. The number of piperazine rings is 1. The van der Waals surface area contributed by atoms with Crippen molar-refractivity contribution in [3.05, 3.63) is 34.9 Å². The largest absolute Gasteiger partial charge is 0.314 e. The minimum absolute atomic E-state index is 0.373. The summed E-state index contributed by atoms with van der Waals surface area (Å²) in [7, 11) is 2.07. The first-order valence-corrected chi connectivity index (χ1v) is 7.12. The average molecular weight is 245 g/mol. The standard InChI is InChI=1S/C15H23N3/c1-16-15(18-9-7-17-8-10-18)14-6-5-12-3-2-4-13(12)11-14/h5-6,11,15-17H,2-4,7-10H2,1H3. The zero-order valence-electron chi connectivity index (χ0n) is 11.2. The molecule has 18 heavy (non-hydrogen) atoms. The molecule has 0 spiro atoms. The molecule has 1 heterocycles. The summed E-state index contributed by atoms with van der Waals surface area (Å²) in [5.41, 5.74) is 4.57. The first-order valence-electron chi connectivity index (χ1n) is 7.12. The zero-order valence-corrected chi connectivity index (χ0v) is 11.2. The van der Waals surface area contributed by atoms with Crippen LogP contribution in [0.15, 0.2) is 18.2 Å². The van der Waals surface area contributed by atoms with Crippen molar-refractivity contribution in [2.75, 3.05) is 33.2 Å². The van der Waals surface area contributed by atoms with Crippen LogP contribution in [0.3, 0.4) is 0 Å². The maximum atomic E-state index is 3.48. The summed E-state index contributed by atoms with van der Waals surface area (Å²) >= 11 is 0. The number of hydrogen-bond acceptors (Lipinski definition) is 3. The van der Waals surface area contributed by atoms with Crippen LogP contribution < -0.4 is 10.6 Å². The fourth-order valence-corrected chi connectivity index (χ4v) is 3.26. The molecular weight excluding hydrogens is 222 g/mol. The van der Waals surface area contributed by atoms with E-state index < -0.39 is 0 Å². The second-order valence-electron chi connectivity index (χ2n) is 5.36. The fourth-order valence-electron chi connectivity index (χ4n) is 3.26. The Balaban J connectivity index is 1.82. The third kappa shape index (κ3) is 2.30. The molecule has 3 rings (SSSR count). The van der Waals surface area contributed by atoms with Gasteiger partial charge in [-0.2, -0.15) is 0 Å². The lowest BCUT2D eigenvalue weighted by molar-refractivity contribution is 0.153. The van der Waals surface area contributed by atoms with E-state index in [0.29, 0.717) is 6.17 Å². The Hall–Kier alpha value is -0.900. The summed E-state index contributed by atoms with van der Waals surface area (Å²) in [5.74, 6) is 0. The highest BCUT2D eigenvalue weighted by molar-refractivity contribution is 5.36. The fraction of sp³-hybridized carbons (Fsp3) is 0.600. The van der Waals surface area contributed by atoms with Crippen LogP contribution in [0.4, 0.5) is 0 Å². The molecule has 0 bridgehead atoms. The summed E-state index contributed by atoms with van der Waals surface area (Å²) in [5, 5.41) is 6.89. The minimum atomic E-state index is 0.373. The summed E-state index contributed by atoms with van der Waals surface area (Å²) in [6.45, 7) is 4.46. The van der Waals surface area contributed by atoms with Crippen molar-refractivity contribution < 1.29 is 0 Å². The van der Waals surface area contributed by atoms with E-state index in [1.165, 1.54) is 24.8 Å². The second-order valence-corrected chi connectivity index (χ2v) is 5.36. The van der Waals surface area contributed by atoms with Crippen molar-refractivity contribution in [2.24, 2.45) is 0 Å². The van der Waals surface area contributed by atoms with Gasteiger partial charge in [-0.25, -0.2) is 0 Å². The molecule has 1 aromatic rings. The van der Waals surface area contributed by atoms with Crippen LogP contribution in [0.25, 0.3) is 0 Å². The topological polar surface area (TPSA) is 27.3 Å². The quantitative estimate of drug-likeness (QED) is 0.840. The van der Waals surface area contributed by atoms with Crippen molar-refractivity contribution >= 4 is 0 Å². The summed E-state index contributed by atoms with van der Waals surface area (Å²) < 4.78 is 0. The molecule has 1 fully saturated rings. The lowest BCUT2D eigenvalue weighted by Gasteiger charge is -2.35. The van der Waals surface area contributed by atoms with E-state index in [0.717, 1.165) is 26.2 Å². The number of nitrogens with one attached hydrogen (secondary N) is 2. The highest BCUT2D eigenvalue weighted by atomic mass is 15.3. The van der Waals surface area contributed by atoms with Crippen molar-refractivity contribution in [1.82, 2.24) is 15.5 Å². The van der Waals surface area contributed by atoms with Crippen LogP contribution in [-0.4, -0.2) is 38.1 Å². The van der Waals surface area contributed by atoms with E-state index in [-0.39, 0.29) is 0 Å². The third-order valence-electron chi connectivity index (χ3n) is 4.23. The van der Waals surface area contributed by atoms with Gasteiger partial charge in [-0.15, -0.1) is 0 Å². The van der Waals surface area contributed by atoms with Crippen LogP contribution in [0, 0.1) is 0 Å². The summed E-state index contributed by atoms with van der Waals surface area (Å²) in [6, 6.07) is 7.07. The zero-order chi connectivity index (χ0) is 12.4. The van der Waals surface area contributed by atoms with Gasteiger partial charge in [-0.05, 0) is 43.0 Å². The molecule has 0 saturated carbocycles. The molecule has 1 aromatic carbocycles. The van der Waals surface area contributed by atoms with E-state index in [4.69, 9.17) is 0 Å². The third-order valence-corrected chi connectivity index (χ3v) is 4.23. The maximum absolute atomic E-state index is 3.48. The molecule has 3 heteroatoms. The molecule has 0 radical (unpaired) electrons. The Morgan fingerprint density at radius 3 is 2.72 bits per heavy atom. The number of rotatable bonds is 3. The average Bonchev–Trinajstić information content (AvgIpc) is 2.88. The van der Waals surface area contributed by atoms with E-state index in [9.17, 15) is 0 Å². The highest BCUT2D eigenvalue weighted by Crippen LogP contribution is 2.26. The lowest BCUT2D eigenvalue weighted by Crippen LogP contribution is -2.48. The van der Waals surface area contributed by atoms with Crippen molar-refractivity contribution in [3.63, 3.8) is 0 Å². The molecule has 1 atom stereocenters. The smallest absolute Gasteiger partial charge is 0.0859 e. The minimum Gasteiger partial charge on any atom is -0.314 e.